The lowest BCUT2D eigenvalue weighted by atomic mass is 9.86. The first-order valence-electron chi connectivity index (χ1n) is 10.3. The van der Waals surface area contributed by atoms with Gasteiger partial charge in [0.1, 0.15) is 12.4 Å². The minimum Gasteiger partial charge on any atom is -0.478 e. The molecule has 166 valence electrons. The number of rotatable bonds is 6. The summed E-state index contributed by atoms with van der Waals surface area (Å²) >= 11 is 0. The average Bonchev–Trinajstić information content (AvgIpc) is 2.71. The molecule has 0 aliphatic rings. The Bertz CT molecular complexity index is 1010. The molecule has 0 aromatic heterocycles. The van der Waals surface area contributed by atoms with Crippen molar-refractivity contribution in [3.8, 4) is 28.7 Å². The number of nitrogens with two attached hydrogens (primary N) is 1. The van der Waals surface area contributed by atoms with Crippen molar-refractivity contribution in [2.24, 2.45) is 0 Å². The molecule has 0 aliphatic heterocycles. The lowest BCUT2D eigenvalue weighted by Gasteiger charge is -2.30. The monoisotopic (exact) mass is 423 g/mol. The summed E-state index contributed by atoms with van der Waals surface area (Å²) in [6.07, 6.45) is -0.938. The molecule has 5 nitrogen and oxygen atoms in total. The number of aryl methyl sites for hydroxylation is 1. The van der Waals surface area contributed by atoms with Gasteiger partial charge in [-0.2, -0.15) is 0 Å². The molecule has 2 rings (SSSR count). The highest BCUT2D eigenvalue weighted by atomic mass is 16.6. The zero-order chi connectivity index (χ0) is 23.3. The van der Waals surface area contributed by atoms with Gasteiger partial charge >= 0.3 is 5.97 Å². The molecule has 0 amide bonds. The number of hydrogen-bond acceptors (Lipinski definition) is 5. The van der Waals surface area contributed by atoms with Crippen LogP contribution in [0, 0.1) is 32.6 Å². The predicted octanol–water partition coefficient (Wildman–Crippen LogP) is 5.29. The lowest BCUT2D eigenvalue weighted by Crippen LogP contribution is -2.29. The van der Waals surface area contributed by atoms with Crippen LogP contribution in [0.1, 0.15) is 56.1 Å². The van der Waals surface area contributed by atoms with Gasteiger partial charge in [0.15, 0.2) is 6.10 Å². The molecule has 2 N–H and O–H groups in total. The van der Waals surface area contributed by atoms with Crippen molar-refractivity contribution in [3.05, 3.63) is 46.5 Å². The van der Waals surface area contributed by atoms with Crippen LogP contribution in [0.25, 0.3) is 11.1 Å². The molecule has 1 atom stereocenters. The quantitative estimate of drug-likeness (QED) is 0.388. The zero-order valence-electron chi connectivity index (χ0n) is 19.8. The number of esters is 1. The Hall–Kier alpha value is -2.97. The minimum absolute atomic E-state index is 0.229. The molecular weight excluding hydrogens is 390 g/mol. The fourth-order valence-electron chi connectivity index (χ4n) is 3.49. The van der Waals surface area contributed by atoms with E-state index >= 15 is 0 Å². The van der Waals surface area contributed by atoms with Gasteiger partial charge in [-0.25, -0.2) is 4.79 Å². The summed E-state index contributed by atoms with van der Waals surface area (Å²) in [5.74, 6) is 5.82. The van der Waals surface area contributed by atoms with Crippen LogP contribution in [0.4, 0.5) is 5.69 Å². The van der Waals surface area contributed by atoms with E-state index in [1.165, 1.54) is 7.11 Å². The van der Waals surface area contributed by atoms with Crippen LogP contribution in [-0.2, 0) is 14.3 Å². The summed E-state index contributed by atoms with van der Waals surface area (Å²) in [7, 11) is 1.36. The van der Waals surface area contributed by atoms with E-state index in [4.69, 9.17) is 19.9 Å². The Morgan fingerprint density at radius 2 is 1.71 bits per heavy atom. The van der Waals surface area contributed by atoms with Crippen molar-refractivity contribution in [1.82, 2.24) is 0 Å². The summed E-state index contributed by atoms with van der Waals surface area (Å²) in [4.78, 5) is 12.9. The molecule has 0 radical (unpaired) electrons. The summed E-state index contributed by atoms with van der Waals surface area (Å²) in [5.41, 5.74) is 11.6. The van der Waals surface area contributed by atoms with Crippen LogP contribution in [0.2, 0.25) is 0 Å². The number of nitrogen functional groups attached to an aromatic ring is 1. The van der Waals surface area contributed by atoms with E-state index < -0.39 is 17.7 Å². The Kier molecular flexibility index (Phi) is 7.75. The van der Waals surface area contributed by atoms with Gasteiger partial charge < -0.3 is 19.9 Å². The Morgan fingerprint density at radius 1 is 1.10 bits per heavy atom. The third kappa shape index (κ3) is 5.59. The minimum atomic E-state index is -0.938. The van der Waals surface area contributed by atoms with E-state index in [9.17, 15) is 4.79 Å². The summed E-state index contributed by atoms with van der Waals surface area (Å²) in [6.45, 7) is 13.5. The summed E-state index contributed by atoms with van der Waals surface area (Å²) in [5, 5.41) is 0. The van der Waals surface area contributed by atoms with Crippen LogP contribution < -0.4 is 10.5 Å². The molecule has 0 heterocycles. The fourth-order valence-corrected chi connectivity index (χ4v) is 3.49. The number of hydrogen-bond donors (Lipinski definition) is 1. The first kappa shape index (κ1) is 24.3. The number of anilines is 1. The molecule has 0 saturated heterocycles. The fraction of sp³-hybridized carbons (Fsp3) is 0.423. The molecule has 5 heteroatoms. The van der Waals surface area contributed by atoms with Gasteiger partial charge in [-0.05, 0) is 65.2 Å². The van der Waals surface area contributed by atoms with Crippen LogP contribution in [0.5, 0.6) is 5.75 Å². The molecular formula is C26H33NO4. The van der Waals surface area contributed by atoms with Gasteiger partial charge in [0.05, 0.1) is 18.4 Å². The van der Waals surface area contributed by atoms with Gasteiger partial charge in [0, 0.05) is 11.1 Å². The van der Waals surface area contributed by atoms with Gasteiger partial charge in [-0.15, -0.1) is 5.92 Å². The lowest BCUT2D eigenvalue weighted by molar-refractivity contribution is -0.164. The normalized spacial score (nSPS) is 12.0. The predicted molar refractivity (Wildman–Crippen MR) is 125 cm³/mol. The maximum absolute atomic E-state index is 12.9. The second kappa shape index (κ2) is 9.89. The molecule has 0 unspecified atom stereocenters. The number of methoxy groups -OCH3 is 1. The average molecular weight is 424 g/mol. The largest absolute Gasteiger partial charge is 0.478 e. The van der Waals surface area contributed by atoms with Gasteiger partial charge in [0.2, 0.25) is 0 Å². The zero-order valence-corrected chi connectivity index (χ0v) is 19.8. The number of benzene rings is 2. The Balaban J connectivity index is 2.88. The molecule has 2 aromatic carbocycles. The van der Waals surface area contributed by atoms with E-state index in [1.54, 1.807) is 6.92 Å². The Morgan fingerprint density at radius 3 is 2.23 bits per heavy atom. The highest BCUT2D eigenvalue weighted by Gasteiger charge is 2.34. The standard InChI is InChI=1S/C26H33NO4/c1-9-10-15-30-23-18(4)20(19-13-11-16(2)12-14-19)21(17(3)22(23)27)24(25(28)29-8)31-26(5,6)7/h11-14,24H,15,27H2,1-8H3/t24-/m0/s1. The molecule has 0 bridgehead atoms. The van der Waals surface area contributed by atoms with E-state index in [0.29, 0.717) is 17.0 Å². The molecule has 2 aromatic rings. The Labute approximate surface area is 185 Å². The van der Waals surface area contributed by atoms with Crippen molar-refractivity contribution >= 4 is 11.7 Å². The van der Waals surface area contributed by atoms with Crippen LogP contribution >= 0.6 is 0 Å². The first-order chi connectivity index (χ1) is 14.5. The van der Waals surface area contributed by atoms with Crippen LogP contribution in [0.3, 0.4) is 0 Å². The van der Waals surface area contributed by atoms with E-state index in [1.807, 2.05) is 65.8 Å². The van der Waals surface area contributed by atoms with E-state index in [-0.39, 0.29) is 6.61 Å². The molecule has 31 heavy (non-hydrogen) atoms. The van der Waals surface area contributed by atoms with Crippen molar-refractivity contribution in [2.75, 3.05) is 19.5 Å². The van der Waals surface area contributed by atoms with Crippen LogP contribution in [0.15, 0.2) is 24.3 Å². The molecule has 0 aliphatic carbocycles. The summed E-state index contributed by atoms with van der Waals surface area (Å²) < 4.78 is 17.3. The second-order valence-electron chi connectivity index (χ2n) is 8.50. The smallest absolute Gasteiger partial charge is 0.339 e. The van der Waals surface area contributed by atoms with E-state index in [0.717, 1.165) is 27.8 Å². The first-order valence-corrected chi connectivity index (χ1v) is 10.3. The summed E-state index contributed by atoms with van der Waals surface area (Å²) in [6, 6.07) is 8.12. The van der Waals surface area contributed by atoms with Crippen molar-refractivity contribution in [1.29, 1.82) is 0 Å². The highest BCUT2D eigenvalue weighted by molar-refractivity contribution is 5.87. The maximum Gasteiger partial charge on any atom is 0.339 e. The number of ether oxygens (including phenoxy) is 3. The number of carbonyl (C=O) groups is 1. The van der Waals surface area contributed by atoms with Gasteiger partial charge in [-0.1, -0.05) is 35.7 Å². The third-order valence-corrected chi connectivity index (χ3v) is 4.99. The highest BCUT2D eigenvalue weighted by Crippen LogP contribution is 2.45. The van der Waals surface area contributed by atoms with E-state index in [2.05, 4.69) is 11.8 Å². The molecule has 0 fully saturated rings. The van der Waals surface area contributed by atoms with Crippen molar-refractivity contribution in [2.45, 2.75) is 60.2 Å². The van der Waals surface area contributed by atoms with Crippen LogP contribution in [-0.4, -0.2) is 25.3 Å². The topological polar surface area (TPSA) is 70.8 Å². The molecule has 0 saturated carbocycles. The van der Waals surface area contributed by atoms with Crippen molar-refractivity contribution < 1.29 is 19.0 Å². The van der Waals surface area contributed by atoms with Crippen molar-refractivity contribution in [3.63, 3.8) is 0 Å². The third-order valence-electron chi connectivity index (χ3n) is 4.99. The number of carbonyl (C=O) groups excluding carboxylic acids is 1. The second-order valence-corrected chi connectivity index (χ2v) is 8.50. The van der Waals surface area contributed by atoms with Gasteiger partial charge in [0.25, 0.3) is 0 Å². The molecule has 0 spiro atoms. The SMILES string of the molecule is CC#CCOc1c(C)c(-c2ccc(C)cc2)c([C@H](OC(C)(C)C)C(=O)OC)c(C)c1N. The maximum atomic E-state index is 12.9. The van der Waals surface area contributed by atoms with Gasteiger partial charge in [-0.3, -0.25) is 0 Å².